The molecule has 4 nitrogen and oxygen atoms in total. The first-order valence-corrected chi connectivity index (χ1v) is 7.81. The monoisotopic (exact) mass is 291 g/mol. The van der Waals surface area contributed by atoms with Gasteiger partial charge in [-0.05, 0) is 37.9 Å². The quantitative estimate of drug-likeness (QED) is 0.799. The summed E-state index contributed by atoms with van der Waals surface area (Å²) in [4.78, 5) is 13.6. The lowest BCUT2D eigenvalue weighted by molar-refractivity contribution is -0.143. The van der Waals surface area contributed by atoms with Crippen molar-refractivity contribution in [2.45, 2.75) is 32.2 Å². The first-order valence-electron chi connectivity index (χ1n) is 7.81. The molecule has 1 aliphatic heterocycles. The Hall–Kier alpha value is -1.39. The molecule has 1 aliphatic rings. The smallest absolute Gasteiger partial charge is 0.310 e. The molecule has 0 aromatic heterocycles. The number of aliphatic carboxylic acids is 1. The Labute approximate surface area is 126 Å². The Kier molecular flexibility index (Phi) is 6.21. The number of hydrogen-bond acceptors (Lipinski definition) is 3. The van der Waals surface area contributed by atoms with Crippen molar-refractivity contribution in [3.8, 4) is 0 Å². The predicted molar refractivity (Wildman–Crippen MR) is 82.4 cm³/mol. The maximum atomic E-state index is 11.3. The van der Waals surface area contributed by atoms with Crippen LogP contribution < -0.4 is 0 Å². The van der Waals surface area contributed by atoms with Gasteiger partial charge in [-0.3, -0.25) is 9.69 Å². The number of carboxylic acids is 1. The third-order valence-corrected chi connectivity index (χ3v) is 4.10. The van der Waals surface area contributed by atoms with Crippen LogP contribution in [-0.4, -0.2) is 48.3 Å². The largest absolute Gasteiger partial charge is 0.481 e. The summed E-state index contributed by atoms with van der Waals surface area (Å²) in [5.74, 6) is -1.12. The van der Waals surface area contributed by atoms with Crippen molar-refractivity contribution < 1.29 is 14.6 Å². The minimum absolute atomic E-state index is 0.0261. The number of carboxylic acid groups (broad SMARTS) is 1. The maximum Gasteiger partial charge on any atom is 0.310 e. The SMILES string of the molecule is CCCN(CCCc1ccccc1)C1COCC1C(=O)O. The molecule has 1 N–H and O–H groups in total. The molecule has 0 aliphatic carbocycles. The summed E-state index contributed by atoms with van der Waals surface area (Å²) in [7, 11) is 0. The van der Waals surface area contributed by atoms with E-state index >= 15 is 0 Å². The minimum Gasteiger partial charge on any atom is -0.481 e. The molecule has 4 heteroatoms. The number of ether oxygens (including phenoxy) is 1. The maximum absolute atomic E-state index is 11.3. The fourth-order valence-electron chi connectivity index (χ4n) is 3.00. The summed E-state index contributed by atoms with van der Waals surface area (Å²) in [5, 5.41) is 9.30. The third kappa shape index (κ3) is 4.55. The molecule has 0 saturated carbocycles. The predicted octanol–water partition coefficient (Wildman–Crippen LogP) is 2.43. The van der Waals surface area contributed by atoms with Crippen molar-refractivity contribution in [2.75, 3.05) is 26.3 Å². The van der Waals surface area contributed by atoms with E-state index in [0.29, 0.717) is 13.2 Å². The second kappa shape index (κ2) is 8.15. The molecule has 0 bridgehead atoms. The number of nitrogens with zero attached hydrogens (tertiary/aromatic N) is 1. The lowest BCUT2D eigenvalue weighted by Gasteiger charge is -2.30. The molecule has 21 heavy (non-hydrogen) atoms. The summed E-state index contributed by atoms with van der Waals surface area (Å²) >= 11 is 0. The molecule has 0 amide bonds. The number of hydrogen-bond donors (Lipinski definition) is 1. The van der Waals surface area contributed by atoms with E-state index in [1.54, 1.807) is 0 Å². The zero-order chi connectivity index (χ0) is 15.1. The Bertz CT molecular complexity index is 435. The fraction of sp³-hybridized carbons (Fsp3) is 0.588. The second-order valence-corrected chi connectivity index (χ2v) is 5.67. The second-order valence-electron chi connectivity index (χ2n) is 5.67. The van der Waals surface area contributed by atoms with Crippen LogP contribution in [0.15, 0.2) is 30.3 Å². The van der Waals surface area contributed by atoms with E-state index in [-0.39, 0.29) is 12.0 Å². The van der Waals surface area contributed by atoms with Crippen molar-refractivity contribution in [1.82, 2.24) is 4.90 Å². The van der Waals surface area contributed by atoms with Crippen LogP contribution in [0.25, 0.3) is 0 Å². The van der Waals surface area contributed by atoms with Gasteiger partial charge in [0.15, 0.2) is 0 Å². The molecule has 1 saturated heterocycles. The fourth-order valence-corrected chi connectivity index (χ4v) is 3.00. The van der Waals surface area contributed by atoms with E-state index in [0.717, 1.165) is 32.4 Å². The van der Waals surface area contributed by atoms with Gasteiger partial charge in [-0.25, -0.2) is 0 Å². The standard InChI is InChI=1S/C17H25NO3/c1-2-10-18(16-13-21-12-15(16)17(19)20)11-6-9-14-7-4-3-5-8-14/h3-5,7-8,15-16H,2,6,9-13H2,1H3,(H,19,20). The number of carbonyl (C=O) groups is 1. The van der Waals surface area contributed by atoms with Gasteiger partial charge in [0.1, 0.15) is 0 Å². The van der Waals surface area contributed by atoms with Crippen LogP contribution in [0.4, 0.5) is 0 Å². The number of aryl methyl sites for hydroxylation is 1. The molecular weight excluding hydrogens is 266 g/mol. The molecule has 2 unspecified atom stereocenters. The van der Waals surface area contributed by atoms with Crippen LogP contribution in [-0.2, 0) is 16.0 Å². The highest BCUT2D eigenvalue weighted by Crippen LogP contribution is 2.21. The van der Waals surface area contributed by atoms with Gasteiger partial charge in [0.05, 0.1) is 19.1 Å². The van der Waals surface area contributed by atoms with E-state index in [4.69, 9.17) is 4.74 Å². The van der Waals surface area contributed by atoms with E-state index in [2.05, 4.69) is 36.1 Å². The summed E-state index contributed by atoms with van der Waals surface area (Å²) in [5.41, 5.74) is 1.34. The summed E-state index contributed by atoms with van der Waals surface area (Å²) < 4.78 is 5.40. The van der Waals surface area contributed by atoms with Gasteiger partial charge in [0, 0.05) is 6.04 Å². The Morgan fingerprint density at radius 2 is 2.05 bits per heavy atom. The van der Waals surface area contributed by atoms with Crippen molar-refractivity contribution in [1.29, 1.82) is 0 Å². The normalized spacial score (nSPS) is 21.8. The zero-order valence-corrected chi connectivity index (χ0v) is 12.7. The average molecular weight is 291 g/mol. The third-order valence-electron chi connectivity index (χ3n) is 4.10. The highest BCUT2D eigenvalue weighted by molar-refractivity contribution is 5.71. The molecule has 1 aromatic rings. The molecular formula is C17H25NO3. The van der Waals surface area contributed by atoms with Crippen LogP contribution in [0, 0.1) is 5.92 Å². The molecule has 2 rings (SSSR count). The topological polar surface area (TPSA) is 49.8 Å². The van der Waals surface area contributed by atoms with Crippen molar-refractivity contribution >= 4 is 5.97 Å². The van der Waals surface area contributed by atoms with Gasteiger partial charge in [-0.2, -0.15) is 0 Å². The van der Waals surface area contributed by atoms with Gasteiger partial charge in [-0.1, -0.05) is 37.3 Å². The van der Waals surface area contributed by atoms with Crippen LogP contribution in [0.2, 0.25) is 0 Å². The first-order chi connectivity index (χ1) is 10.2. The Morgan fingerprint density at radius 3 is 2.71 bits per heavy atom. The molecule has 0 spiro atoms. The highest BCUT2D eigenvalue weighted by Gasteiger charge is 2.37. The average Bonchev–Trinajstić information content (AvgIpc) is 2.97. The first kappa shape index (κ1) is 16.0. The summed E-state index contributed by atoms with van der Waals surface area (Å²) in [6.07, 6.45) is 3.12. The minimum atomic E-state index is -0.735. The van der Waals surface area contributed by atoms with Crippen molar-refractivity contribution in [3.63, 3.8) is 0 Å². The van der Waals surface area contributed by atoms with E-state index in [1.165, 1.54) is 5.56 Å². The van der Waals surface area contributed by atoms with Crippen LogP contribution in [0.3, 0.4) is 0 Å². The number of rotatable bonds is 8. The van der Waals surface area contributed by atoms with Crippen LogP contribution in [0.5, 0.6) is 0 Å². The van der Waals surface area contributed by atoms with Gasteiger partial charge >= 0.3 is 5.97 Å². The lowest BCUT2D eigenvalue weighted by Crippen LogP contribution is -2.44. The molecule has 1 fully saturated rings. The van der Waals surface area contributed by atoms with Crippen LogP contribution in [0.1, 0.15) is 25.3 Å². The molecule has 1 heterocycles. The highest BCUT2D eigenvalue weighted by atomic mass is 16.5. The van der Waals surface area contributed by atoms with Gasteiger partial charge in [0.2, 0.25) is 0 Å². The lowest BCUT2D eigenvalue weighted by atomic mass is 10.0. The van der Waals surface area contributed by atoms with Crippen molar-refractivity contribution in [2.24, 2.45) is 5.92 Å². The summed E-state index contributed by atoms with van der Waals surface area (Å²) in [6, 6.07) is 10.5. The van der Waals surface area contributed by atoms with Gasteiger partial charge in [0.25, 0.3) is 0 Å². The Balaban J connectivity index is 1.88. The molecule has 1 aromatic carbocycles. The summed E-state index contributed by atoms with van der Waals surface area (Å²) in [6.45, 7) is 4.89. The van der Waals surface area contributed by atoms with E-state index in [9.17, 15) is 9.90 Å². The van der Waals surface area contributed by atoms with Gasteiger partial charge < -0.3 is 9.84 Å². The molecule has 0 radical (unpaired) electrons. The Morgan fingerprint density at radius 1 is 1.29 bits per heavy atom. The van der Waals surface area contributed by atoms with Crippen molar-refractivity contribution in [3.05, 3.63) is 35.9 Å². The zero-order valence-electron chi connectivity index (χ0n) is 12.7. The van der Waals surface area contributed by atoms with Crippen LogP contribution >= 0.6 is 0 Å². The van der Waals surface area contributed by atoms with E-state index in [1.807, 2.05) is 6.07 Å². The van der Waals surface area contributed by atoms with Gasteiger partial charge in [-0.15, -0.1) is 0 Å². The van der Waals surface area contributed by atoms with E-state index < -0.39 is 5.97 Å². The molecule has 2 atom stereocenters. The molecule has 116 valence electrons. The number of benzene rings is 1.